The number of rotatable bonds is 4. The van der Waals surface area contributed by atoms with Crippen LogP contribution >= 0.6 is 11.6 Å². The van der Waals surface area contributed by atoms with Crippen molar-refractivity contribution in [3.63, 3.8) is 0 Å². The maximum Gasteiger partial charge on any atom is 0.345 e. The van der Waals surface area contributed by atoms with Crippen molar-refractivity contribution in [1.82, 2.24) is 0 Å². The maximum atomic E-state index is 11.8. The Kier molecular flexibility index (Phi) is 4.45. The zero-order valence-corrected chi connectivity index (χ0v) is 10.2. The molecule has 92 valence electrons. The Balaban J connectivity index is 3.26. The van der Waals surface area contributed by atoms with Gasteiger partial charge >= 0.3 is 5.97 Å². The van der Waals surface area contributed by atoms with Gasteiger partial charge in [-0.2, -0.15) is 0 Å². The van der Waals surface area contributed by atoms with Crippen LogP contribution in [0.2, 0.25) is 0 Å². The van der Waals surface area contributed by atoms with Gasteiger partial charge in [-0.3, -0.25) is 10.1 Å². The van der Waals surface area contributed by atoms with Crippen molar-refractivity contribution in [3.8, 4) is 0 Å². The molecule has 0 unspecified atom stereocenters. The molecule has 1 aromatic rings. The van der Waals surface area contributed by atoms with Gasteiger partial charge < -0.3 is 4.74 Å². The molecule has 0 atom stereocenters. The minimum atomic E-state index is -0.719. The van der Waals surface area contributed by atoms with Gasteiger partial charge in [-0.15, -0.1) is 11.6 Å². The molecule has 0 fully saturated rings. The number of alkyl halides is 1. The molecule has 1 aromatic carbocycles. The lowest BCUT2D eigenvalue weighted by Gasteiger charge is -2.10. The summed E-state index contributed by atoms with van der Waals surface area (Å²) in [6.45, 7) is 3.35. The third-order valence-corrected chi connectivity index (χ3v) is 2.30. The standard InChI is InChI=1S/C11H12ClNO4/c1-7(2)17-11(14)10-8(6-12)4-3-5-9(10)13(15)16/h3-5,7H,6H2,1-2H3. The summed E-state index contributed by atoms with van der Waals surface area (Å²) in [5.74, 6) is -0.701. The number of nitro groups is 1. The fourth-order valence-electron chi connectivity index (χ4n) is 1.36. The molecule has 0 saturated heterocycles. The molecule has 0 spiro atoms. The van der Waals surface area contributed by atoms with Gasteiger partial charge in [0.05, 0.1) is 11.0 Å². The van der Waals surface area contributed by atoms with Gasteiger partial charge in [0.15, 0.2) is 0 Å². The summed E-state index contributed by atoms with van der Waals surface area (Å²) in [4.78, 5) is 22.0. The molecule has 6 heteroatoms. The Bertz CT molecular complexity index is 445. The van der Waals surface area contributed by atoms with Gasteiger partial charge in [0.25, 0.3) is 5.69 Å². The molecule has 5 nitrogen and oxygen atoms in total. The number of ether oxygens (including phenoxy) is 1. The lowest BCUT2D eigenvalue weighted by Crippen LogP contribution is -2.15. The first kappa shape index (κ1) is 13.4. The first-order chi connectivity index (χ1) is 7.97. The summed E-state index contributed by atoms with van der Waals surface area (Å²) in [5.41, 5.74) is 0.0431. The predicted molar refractivity (Wildman–Crippen MR) is 63.2 cm³/mol. The number of halogens is 1. The maximum absolute atomic E-state index is 11.8. The molecular weight excluding hydrogens is 246 g/mol. The van der Waals surface area contributed by atoms with E-state index >= 15 is 0 Å². The lowest BCUT2D eigenvalue weighted by molar-refractivity contribution is -0.385. The first-order valence-corrected chi connectivity index (χ1v) is 5.54. The van der Waals surface area contributed by atoms with E-state index in [2.05, 4.69) is 0 Å². The van der Waals surface area contributed by atoms with Crippen LogP contribution in [0.1, 0.15) is 29.8 Å². The number of carbonyl (C=O) groups excluding carboxylic acids is 1. The van der Waals surface area contributed by atoms with E-state index in [4.69, 9.17) is 16.3 Å². The minimum absolute atomic E-state index is 0.0181. The van der Waals surface area contributed by atoms with E-state index in [0.717, 1.165) is 0 Å². The zero-order chi connectivity index (χ0) is 13.0. The minimum Gasteiger partial charge on any atom is -0.459 e. The van der Waals surface area contributed by atoms with Crippen LogP contribution in [-0.4, -0.2) is 17.0 Å². The molecular formula is C11H12ClNO4. The van der Waals surface area contributed by atoms with Crippen molar-refractivity contribution in [2.24, 2.45) is 0 Å². The second-order valence-electron chi connectivity index (χ2n) is 3.66. The fraction of sp³-hybridized carbons (Fsp3) is 0.364. The van der Waals surface area contributed by atoms with Gasteiger partial charge in [0.2, 0.25) is 0 Å². The van der Waals surface area contributed by atoms with Gasteiger partial charge in [-0.25, -0.2) is 4.79 Å². The number of hydrogen-bond acceptors (Lipinski definition) is 4. The Morgan fingerprint density at radius 1 is 1.53 bits per heavy atom. The van der Waals surface area contributed by atoms with Crippen LogP contribution in [-0.2, 0) is 10.6 Å². The molecule has 0 radical (unpaired) electrons. The third kappa shape index (κ3) is 3.17. The molecule has 0 aromatic heterocycles. The van der Waals surface area contributed by atoms with Crippen LogP contribution in [0, 0.1) is 10.1 Å². The number of carbonyl (C=O) groups is 1. The Morgan fingerprint density at radius 3 is 2.65 bits per heavy atom. The van der Waals surface area contributed by atoms with Crippen molar-refractivity contribution in [2.45, 2.75) is 25.8 Å². The molecule has 17 heavy (non-hydrogen) atoms. The predicted octanol–water partition coefficient (Wildman–Crippen LogP) is 2.90. The smallest absolute Gasteiger partial charge is 0.345 e. The largest absolute Gasteiger partial charge is 0.459 e. The van der Waals surface area contributed by atoms with Gasteiger partial charge in [0, 0.05) is 11.9 Å². The third-order valence-electron chi connectivity index (χ3n) is 2.02. The molecule has 0 aliphatic rings. The van der Waals surface area contributed by atoms with Crippen LogP contribution in [0.5, 0.6) is 0 Å². The fourth-order valence-corrected chi connectivity index (χ4v) is 1.58. The highest BCUT2D eigenvalue weighted by atomic mass is 35.5. The Hall–Kier alpha value is -1.62. The summed E-state index contributed by atoms with van der Waals surface area (Å²) in [6, 6.07) is 4.31. The second kappa shape index (κ2) is 5.63. The molecule has 0 aliphatic heterocycles. The Labute approximate surface area is 103 Å². The molecule has 0 bridgehead atoms. The number of benzene rings is 1. The van der Waals surface area contributed by atoms with Crippen molar-refractivity contribution >= 4 is 23.3 Å². The molecule has 0 aliphatic carbocycles. The van der Waals surface area contributed by atoms with Crippen LogP contribution in [0.15, 0.2) is 18.2 Å². The summed E-state index contributed by atoms with van der Waals surface area (Å²) >= 11 is 5.66. The van der Waals surface area contributed by atoms with Crippen LogP contribution in [0.3, 0.4) is 0 Å². The zero-order valence-electron chi connectivity index (χ0n) is 9.47. The molecule has 1 rings (SSSR count). The summed E-state index contributed by atoms with van der Waals surface area (Å²) < 4.78 is 4.97. The van der Waals surface area contributed by atoms with Crippen LogP contribution in [0.4, 0.5) is 5.69 Å². The number of nitrogens with zero attached hydrogens (tertiary/aromatic N) is 1. The highest BCUT2D eigenvalue weighted by Crippen LogP contribution is 2.24. The first-order valence-electron chi connectivity index (χ1n) is 5.00. The van der Waals surface area contributed by atoms with E-state index in [1.807, 2.05) is 0 Å². The van der Waals surface area contributed by atoms with E-state index in [9.17, 15) is 14.9 Å². The van der Waals surface area contributed by atoms with Crippen LogP contribution < -0.4 is 0 Å². The quantitative estimate of drug-likeness (QED) is 0.360. The van der Waals surface area contributed by atoms with Crippen molar-refractivity contribution in [3.05, 3.63) is 39.4 Å². The van der Waals surface area contributed by atoms with E-state index < -0.39 is 10.9 Å². The van der Waals surface area contributed by atoms with Crippen molar-refractivity contribution in [1.29, 1.82) is 0 Å². The van der Waals surface area contributed by atoms with Gasteiger partial charge in [-0.1, -0.05) is 12.1 Å². The summed E-state index contributed by atoms with van der Waals surface area (Å²) in [5, 5.41) is 10.8. The monoisotopic (exact) mass is 257 g/mol. The lowest BCUT2D eigenvalue weighted by atomic mass is 10.1. The van der Waals surface area contributed by atoms with Crippen molar-refractivity contribution in [2.75, 3.05) is 0 Å². The molecule has 0 amide bonds. The van der Waals surface area contributed by atoms with Crippen molar-refractivity contribution < 1.29 is 14.5 Å². The summed E-state index contributed by atoms with van der Waals surface area (Å²) in [7, 11) is 0. The number of esters is 1. The highest BCUT2D eigenvalue weighted by Gasteiger charge is 2.25. The summed E-state index contributed by atoms with van der Waals surface area (Å²) in [6.07, 6.45) is -0.342. The molecule has 0 N–H and O–H groups in total. The van der Waals surface area contributed by atoms with E-state index in [1.165, 1.54) is 12.1 Å². The number of nitro benzene ring substituents is 1. The normalized spacial score (nSPS) is 10.4. The van der Waals surface area contributed by atoms with E-state index in [1.54, 1.807) is 19.9 Å². The van der Waals surface area contributed by atoms with Gasteiger partial charge in [-0.05, 0) is 19.4 Å². The topological polar surface area (TPSA) is 69.4 Å². The second-order valence-corrected chi connectivity index (χ2v) is 3.92. The van der Waals surface area contributed by atoms with E-state index in [0.29, 0.717) is 5.56 Å². The molecule has 0 heterocycles. The molecule has 0 saturated carbocycles. The Morgan fingerprint density at radius 2 is 2.18 bits per heavy atom. The van der Waals surface area contributed by atoms with Gasteiger partial charge in [0.1, 0.15) is 5.56 Å². The number of hydrogen-bond donors (Lipinski definition) is 0. The van der Waals surface area contributed by atoms with E-state index in [-0.39, 0.29) is 23.2 Å². The highest BCUT2D eigenvalue weighted by molar-refractivity contribution is 6.17. The van der Waals surface area contributed by atoms with Crippen LogP contribution in [0.25, 0.3) is 0 Å². The SMILES string of the molecule is CC(C)OC(=O)c1c(CCl)cccc1[N+](=O)[O-]. The average molecular weight is 258 g/mol. The average Bonchev–Trinajstić information content (AvgIpc) is 2.26.